The first-order valence-electron chi connectivity index (χ1n) is 6.12. The van der Waals surface area contributed by atoms with Gasteiger partial charge in [0, 0.05) is 13.8 Å². The minimum Gasteiger partial charge on any atom is -0.427 e. The minimum absolute atomic E-state index is 0.352. The second kappa shape index (κ2) is 6.02. The summed E-state index contributed by atoms with van der Waals surface area (Å²) in [4.78, 5) is 21.8. The lowest BCUT2D eigenvalue weighted by molar-refractivity contribution is -0.132. The van der Waals surface area contributed by atoms with Gasteiger partial charge < -0.3 is 9.47 Å². The molecule has 0 amide bonds. The fourth-order valence-corrected chi connectivity index (χ4v) is 1.79. The first-order valence-corrected chi connectivity index (χ1v) is 6.12. The summed E-state index contributed by atoms with van der Waals surface area (Å²) in [6.45, 7) is 2.72. The molecule has 2 rings (SSSR count). The van der Waals surface area contributed by atoms with E-state index in [-0.39, 0.29) is 11.9 Å². The topological polar surface area (TPSA) is 52.6 Å². The van der Waals surface area contributed by atoms with Gasteiger partial charge >= 0.3 is 11.9 Å². The van der Waals surface area contributed by atoms with Crippen molar-refractivity contribution < 1.29 is 19.1 Å². The van der Waals surface area contributed by atoms with Crippen molar-refractivity contribution in [1.29, 1.82) is 0 Å². The van der Waals surface area contributed by atoms with Crippen LogP contribution >= 0.6 is 0 Å². The van der Waals surface area contributed by atoms with E-state index in [1.807, 2.05) is 24.3 Å². The van der Waals surface area contributed by atoms with Crippen LogP contribution < -0.4 is 9.47 Å². The first-order chi connectivity index (χ1) is 9.54. The molecule has 2 aromatic rings. The second-order valence-corrected chi connectivity index (χ2v) is 4.24. The fraction of sp³-hybridized carbons (Fsp3) is 0.125. The number of ether oxygens (including phenoxy) is 2. The number of carbonyl (C=O) groups is 2. The summed E-state index contributed by atoms with van der Waals surface area (Å²) in [6, 6.07) is 14.3. The molecule has 102 valence electrons. The standard InChI is InChI=1S/C16H14O4/c1-11(17)19-15-8-6-13(7-9-15)14-4-3-5-16(10-14)20-12(2)18/h3-10H,1-2H3. The summed E-state index contributed by atoms with van der Waals surface area (Å²) in [5.74, 6) is 0.290. The van der Waals surface area contributed by atoms with Crippen LogP contribution in [-0.2, 0) is 9.59 Å². The molecule has 0 saturated carbocycles. The molecule has 0 aliphatic carbocycles. The Balaban J connectivity index is 2.22. The van der Waals surface area contributed by atoms with Gasteiger partial charge in [0.2, 0.25) is 0 Å². The van der Waals surface area contributed by atoms with Crippen molar-refractivity contribution in [3.05, 3.63) is 48.5 Å². The van der Waals surface area contributed by atoms with Crippen LogP contribution in [0.5, 0.6) is 11.5 Å². The van der Waals surface area contributed by atoms with Crippen molar-refractivity contribution in [2.24, 2.45) is 0 Å². The van der Waals surface area contributed by atoms with Crippen molar-refractivity contribution >= 4 is 11.9 Å². The van der Waals surface area contributed by atoms with E-state index >= 15 is 0 Å². The third-order valence-corrected chi connectivity index (χ3v) is 2.54. The van der Waals surface area contributed by atoms with Gasteiger partial charge in [-0.2, -0.15) is 0 Å². The van der Waals surface area contributed by atoms with Crippen molar-refractivity contribution in [3.63, 3.8) is 0 Å². The summed E-state index contributed by atoms with van der Waals surface area (Å²) in [6.07, 6.45) is 0. The lowest BCUT2D eigenvalue weighted by Gasteiger charge is -2.06. The summed E-state index contributed by atoms with van der Waals surface area (Å²) >= 11 is 0. The van der Waals surface area contributed by atoms with Crippen LogP contribution in [0.25, 0.3) is 11.1 Å². The van der Waals surface area contributed by atoms with E-state index < -0.39 is 0 Å². The molecule has 4 heteroatoms. The molecule has 0 unspecified atom stereocenters. The Hall–Kier alpha value is -2.62. The third-order valence-electron chi connectivity index (χ3n) is 2.54. The van der Waals surface area contributed by atoms with Gasteiger partial charge in [0.15, 0.2) is 0 Å². The van der Waals surface area contributed by atoms with Crippen LogP contribution in [0.3, 0.4) is 0 Å². The average molecular weight is 270 g/mol. The molecule has 0 saturated heterocycles. The molecule has 4 nitrogen and oxygen atoms in total. The molecule has 0 spiro atoms. The molecule has 0 heterocycles. The molecule has 0 aliphatic heterocycles. The van der Waals surface area contributed by atoms with Gasteiger partial charge in [-0.3, -0.25) is 9.59 Å². The molecule has 2 aromatic carbocycles. The van der Waals surface area contributed by atoms with Crippen molar-refractivity contribution in [2.75, 3.05) is 0 Å². The molecule has 0 radical (unpaired) electrons. The summed E-state index contributed by atoms with van der Waals surface area (Å²) in [7, 11) is 0. The predicted molar refractivity (Wildman–Crippen MR) is 74.5 cm³/mol. The highest BCUT2D eigenvalue weighted by Gasteiger charge is 2.03. The molecule has 0 atom stereocenters. The van der Waals surface area contributed by atoms with E-state index in [1.165, 1.54) is 13.8 Å². The monoisotopic (exact) mass is 270 g/mol. The van der Waals surface area contributed by atoms with Crippen LogP contribution in [0, 0.1) is 0 Å². The Bertz CT molecular complexity index is 629. The van der Waals surface area contributed by atoms with Crippen LogP contribution in [0.4, 0.5) is 0 Å². The highest BCUT2D eigenvalue weighted by Crippen LogP contribution is 2.25. The summed E-state index contributed by atoms with van der Waals surface area (Å²) in [5, 5.41) is 0. The number of rotatable bonds is 3. The van der Waals surface area contributed by atoms with Crippen LogP contribution in [0.1, 0.15) is 13.8 Å². The second-order valence-electron chi connectivity index (χ2n) is 4.24. The Kier molecular flexibility index (Phi) is 4.15. The molecule has 0 bridgehead atoms. The van der Waals surface area contributed by atoms with Crippen LogP contribution in [-0.4, -0.2) is 11.9 Å². The molecular weight excluding hydrogens is 256 g/mol. The van der Waals surface area contributed by atoms with Gasteiger partial charge in [-0.1, -0.05) is 24.3 Å². The number of esters is 2. The quantitative estimate of drug-likeness (QED) is 0.635. The van der Waals surface area contributed by atoms with E-state index in [2.05, 4.69) is 0 Å². The Morgan fingerprint density at radius 3 is 1.95 bits per heavy atom. The predicted octanol–water partition coefficient (Wildman–Crippen LogP) is 3.20. The van der Waals surface area contributed by atoms with Crippen molar-refractivity contribution in [1.82, 2.24) is 0 Å². The molecule has 0 aliphatic rings. The number of hydrogen-bond donors (Lipinski definition) is 0. The van der Waals surface area contributed by atoms with Gasteiger partial charge in [-0.15, -0.1) is 0 Å². The maximum absolute atomic E-state index is 10.9. The van der Waals surface area contributed by atoms with Crippen molar-refractivity contribution in [2.45, 2.75) is 13.8 Å². The van der Waals surface area contributed by atoms with Gasteiger partial charge in [0.05, 0.1) is 0 Å². The Labute approximate surface area is 116 Å². The highest BCUT2D eigenvalue weighted by atomic mass is 16.5. The van der Waals surface area contributed by atoms with E-state index in [0.29, 0.717) is 11.5 Å². The highest BCUT2D eigenvalue weighted by molar-refractivity contribution is 5.72. The molecular formula is C16H14O4. The first kappa shape index (κ1) is 13.8. The summed E-state index contributed by atoms with van der Waals surface area (Å²) < 4.78 is 10.0. The zero-order chi connectivity index (χ0) is 14.5. The smallest absolute Gasteiger partial charge is 0.308 e. The lowest BCUT2D eigenvalue weighted by Crippen LogP contribution is -2.01. The SMILES string of the molecule is CC(=O)Oc1ccc(-c2cccc(OC(C)=O)c2)cc1. The number of hydrogen-bond acceptors (Lipinski definition) is 4. The maximum Gasteiger partial charge on any atom is 0.308 e. The Morgan fingerprint density at radius 1 is 0.750 bits per heavy atom. The zero-order valence-corrected chi connectivity index (χ0v) is 11.3. The third kappa shape index (κ3) is 3.68. The van der Waals surface area contributed by atoms with E-state index in [9.17, 15) is 9.59 Å². The maximum atomic E-state index is 10.9. The molecule has 0 fully saturated rings. The van der Waals surface area contributed by atoms with E-state index in [1.54, 1.807) is 24.3 Å². The largest absolute Gasteiger partial charge is 0.427 e. The molecule has 0 aromatic heterocycles. The van der Waals surface area contributed by atoms with Crippen LogP contribution in [0.2, 0.25) is 0 Å². The lowest BCUT2D eigenvalue weighted by atomic mass is 10.1. The van der Waals surface area contributed by atoms with Gasteiger partial charge in [0.1, 0.15) is 11.5 Å². The van der Waals surface area contributed by atoms with Gasteiger partial charge in [-0.25, -0.2) is 0 Å². The van der Waals surface area contributed by atoms with Gasteiger partial charge in [0.25, 0.3) is 0 Å². The van der Waals surface area contributed by atoms with Gasteiger partial charge in [-0.05, 0) is 35.4 Å². The fourth-order valence-electron chi connectivity index (χ4n) is 1.79. The van der Waals surface area contributed by atoms with E-state index in [4.69, 9.17) is 9.47 Å². The normalized spacial score (nSPS) is 9.90. The Morgan fingerprint density at radius 2 is 1.35 bits per heavy atom. The number of benzene rings is 2. The molecule has 20 heavy (non-hydrogen) atoms. The number of carbonyl (C=O) groups excluding carboxylic acids is 2. The summed E-state index contributed by atoms with van der Waals surface area (Å²) in [5.41, 5.74) is 1.85. The minimum atomic E-state index is -0.354. The van der Waals surface area contributed by atoms with E-state index in [0.717, 1.165) is 11.1 Å². The molecule has 0 N–H and O–H groups in total. The average Bonchev–Trinajstić information content (AvgIpc) is 2.38. The van der Waals surface area contributed by atoms with Crippen molar-refractivity contribution in [3.8, 4) is 22.6 Å². The zero-order valence-electron chi connectivity index (χ0n) is 11.3. The van der Waals surface area contributed by atoms with Crippen LogP contribution in [0.15, 0.2) is 48.5 Å².